The highest BCUT2D eigenvalue weighted by Gasteiger charge is 2.43. The zero-order chi connectivity index (χ0) is 10.3. The lowest BCUT2D eigenvalue weighted by molar-refractivity contribution is 0.324. The Morgan fingerprint density at radius 1 is 1.43 bits per heavy atom. The molecule has 0 unspecified atom stereocenters. The zero-order valence-corrected chi connectivity index (χ0v) is 9.24. The summed E-state index contributed by atoms with van der Waals surface area (Å²) in [4.78, 5) is 0. The van der Waals surface area contributed by atoms with E-state index in [2.05, 4.69) is 31.1 Å². The first-order valence-electron chi connectivity index (χ1n) is 5.08. The highest BCUT2D eigenvalue weighted by molar-refractivity contribution is 5.23. The SMILES string of the molecule is COc1c(C(C)C)nnn1C1(C)CC1. The fraction of sp³-hybridized carbons (Fsp3) is 0.800. The molecule has 1 aliphatic carbocycles. The zero-order valence-electron chi connectivity index (χ0n) is 9.24. The predicted molar refractivity (Wildman–Crippen MR) is 53.5 cm³/mol. The molecule has 1 saturated carbocycles. The molecule has 14 heavy (non-hydrogen) atoms. The molecule has 4 nitrogen and oxygen atoms in total. The van der Waals surface area contributed by atoms with Crippen molar-refractivity contribution in [1.29, 1.82) is 0 Å². The maximum absolute atomic E-state index is 5.38. The van der Waals surface area contributed by atoms with Gasteiger partial charge < -0.3 is 4.74 Å². The van der Waals surface area contributed by atoms with E-state index in [0.29, 0.717) is 5.92 Å². The Labute approximate surface area is 84.3 Å². The summed E-state index contributed by atoms with van der Waals surface area (Å²) in [7, 11) is 1.69. The van der Waals surface area contributed by atoms with E-state index in [1.165, 1.54) is 12.8 Å². The lowest BCUT2D eigenvalue weighted by Crippen LogP contribution is -2.15. The van der Waals surface area contributed by atoms with Crippen LogP contribution in [-0.2, 0) is 5.54 Å². The molecule has 0 radical (unpaired) electrons. The minimum atomic E-state index is 0.158. The molecule has 1 heterocycles. The van der Waals surface area contributed by atoms with Crippen LogP contribution in [0.4, 0.5) is 0 Å². The van der Waals surface area contributed by atoms with Crippen molar-refractivity contribution in [2.24, 2.45) is 0 Å². The van der Waals surface area contributed by atoms with Gasteiger partial charge in [-0.1, -0.05) is 19.1 Å². The monoisotopic (exact) mass is 195 g/mol. The van der Waals surface area contributed by atoms with Crippen molar-refractivity contribution in [2.75, 3.05) is 7.11 Å². The number of hydrogen-bond acceptors (Lipinski definition) is 3. The summed E-state index contributed by atoms with van der Waals surface area (Å²) in [6.45, 7) is 6.40. The standard InChI is InChI=1S/C10H17N3O/c1-7(2)8-9(14-4)13(12-11-8)10(3)5-6-10/h7H,5-6H2,1-4H3. The Hall–Kier alpha value is -1.06. The number of hydrogen-bond donors (Lipinski definition) is 0. The second kappa shape index (κ2) is 2.97. The van der Waals surface area contributed by atoms with Crippen LogP contribution < -0.4 is 4.74 Å². The van der Waals surface area contributed by atoms with Crippen LogP contribution >= 0.6 is 0 Å². The van der Waals surface area contributed by atoms with Crippen LogP contribution in [0.5, 0.6) is 5.88 Å². The first-order valence-corrected chi connectivity index (χ1v) is 5.08. The summed E-state index contributed by atoms with van der Waals surface area (Å²) in [5.74, 6) is 1.20. The van der Waals surface area contributed by atoms with Crippen molar-refractivity contribution in [3.05, 3.63) is 5.69 Å². The molecule has 0 atom stereocenters. The highest BCUT2D eigenvalue weighted by Crippen LogP contribution is 2.45. The molecule has 0 bridgehead atoms. The van der Waals surface area contributed by atoms with Gasteiger partial charge in [0.05, 0.1) is 12.6 Å². The Balaban J connectivity index is 2.42. The lowest BCUT2D eigenvalue weighted by atomic mass is 10.1. The third kappa shape index (κ3) is 1.29. The van der Waals surface area contributed by atoms with Gasteiger partial charge in [0.15, 0.2) is 0 Å². The molecular formula is C10H17N3O. The smallest absolute Gasteiger partial charge is 0.236 e. The summed E-state index contributed by atoms with van der Waals surface area (Å²) in [6, 6.07) is 0. The van der Waals surface area contributed by atoms with Crippen molar-refractivity contribution >= 4 is 0 Å². The number of ether oxygens (including phenoxy) is 1. The third-order valence-electron chi connectivity index (χ3n) is 2.88. The molecule has 78 valence electrons. The maximum Gasteiger partial charge on any atom is 0.236 e. The summed E-state index contributed by atoms with van der Waals surface area (Å²) in [5.41, 5.74) is 1.12. The maximum atomic E-state index is 5.38. The van der Waals surface area contributed by atoms with Gasteiger partial charge in [-0.15, -0.1) is 5.10 Å². The van der Waals surface area contributed by atoms with Crippen LogP contribution in [0.25, 0.3) is 0 Å². The summed E-state index contributed by atoms with van der Waals surface area (Å²) >= 11 is 0. The van der Waals surface area contributed by atoms with Crippen LogP contribution in [0.2, 0.25) is 0 Å². The quantitative estimate of drug-likeness (QED) is 0.739. The molecule has 1 aliphatic rings. The van der Waals surface area contributed by atoms with E-state index in [1.807, 2.05) is 4.68 Å². The Morgan fingerprint density at radius 3 is 2.50 bits per heavy atom. The van der Waals surface area contributed by atoms with E-state index < -0.39 is 0 Å². The van der Waals surface area contributed by atoms with Crippen molar-refractivity contribution < 1.29 is 4.74 Å². The fourth-order valence-electron chi connectivity index (χ4n) is 1.58. The number of rotatable bonds is 3. The van der Waals surface area contributed by atoms with Crippen LogP contribution in [0.15, 0.2) is 0 Å². The third-order valence-corrected chi connectivity index (χ3v) is 2.88. The second-order valence-electron chi connectivity index (χ2n) is 4.55. The number of aromatic nitrogens is 3. The summed E-state index contributed by atoms with van der Waals surface area (Å²) in [6.07, 6.45) is 2.34. The topological polar surface area (TPSA) is 39.9 Å². The molecule has 0 aromatic carbocycles. The Kier molecular flexibility index (Phi) is 2.01. The van der Waals surface area contributed by atoms with Gasteiger partial charge in [-0.05, 0) is 19.8 Å². The largest absolute Gasteiger partial charge is 0.480 e. The van der Waals surface area contributed by atoms with Gasteiger partial charge in [-0.3, -0.25) is 0 Å². The molecular weight excluding hydrogens is 178 g/mol. The van der Waals surface area contributed by atoms with E-state index in [9.17, 15) is 0 Å². The lowest BCUT2D eigenvalue weighted by Gasteiger charge is -2.12. The minimum absolute atomic E-state index is 0.158. The van der Waals surface area contributed by atoms with E-state index in [0.717, 1.165) is 11.6 Å². The van der Waals surface area contributed by atoms with E-state index >= 15 is 0 Å². The molecule has 1 fully saturated rings. The number of methoxy groups -OCH3 is 1. The van der Waals surface area contributed by atoms with E-state index in [1.54, 1.807) is 7.11 Å². The summed E-state index contributed by atoms with van der Waals surface area (Å²) < 4.78 is 7.32. The van der Waals surface area contributed by atoms with Crippen LogP contribution in [0, 0.1) is 0 Å². The van der Waals surface area contributed by atoms with Crippen molar-refractivity contribution in [3.8, 4) is 5.88 Å². The molecule has 0 saturated heterocycles. The minimum Gasteiger partial charge on any atom is -0.480 e. The van der Waals surface area contributed by atoms with Gasteiger partial charge in [-0.25, -0.2) is 4.68 Å². The first-order chi connectivity index (χ1) is 6.58. The highest BCUT2D eigenvalue weighted by atomic mass is 16.5. The average molecular weight is 195 g/mol. The average Bonchev–Trinajstić information content (AvgIpc) is 2.74. The van der Waals surface area contributed by atoms with Gasteiger partial charge in [0, 0.05) is 5.92 Å². The van der Waals surface area contributed by atoms with Crippen molar-refractivity contribution in [2.45, 2.75) is 45.1 Å². The fourth-order valence-corrected chi connectivity index (χ4v) is 1.58. The van der Waals surface area contributed by atoms with Gasteiger partial charge in [-0.2, -0.15) is 0 Å². The van der Waals surface area contributed by atoms with Gasteiger partial charge in [0.25, 0.3) is 0 Å². The van der Waals surface area contributed by atoms with Crippen LogP contribution in [0.3, 0.4) is 0 Å². The molecule has 4 heteroatoms. The van der Waals surface area contributed by atoms with Gasteiger partial charge >= 0.3 is 0 Å². The first kappa shape index (κ1) is 9.49. The second-order valence-corrected chi connectivity index (χ2v) is 4.55. The van der Waals surface area contributed by atoms with Crippen LogP contribution in [0.1, 0.15) is 45.2 Å². The molecule has 1 aromatic rings. The van der Waals surface area contributed by atoms with E-state index in [-0.39, 0.29) is 5.54 Å². The Bertz CT molecular complexity index is 339. The van der Waals surface area contributed by atoms with Crippen molar-refractivity contribution in [1.82, 2.24) is 15.0 Å². The van der Waals surface area contributed by atoms with E-state index in [4.69, 9.17) is 4.74 Å². The van der Waals surface area contributed by atoms with Gasteiger partial charge in [0.2, 0.25) is 5.88 Å². The molecule has 2 rings (SSSR count). The molecule has 0 N–H and O–H groups in total. The van der Waals surface area contributed by atoms with Crippen molar-refractivity contribution in [3.63, 3.8) is 0 Å². The number of nitrogens with zero attached hydrogens (tertiary/aromatic N) is 3. The predicted octanol–water partition coefficient (Wildman–Crippen LogP) is 1.92. The molecule has 0 aliphatic heterocycles. The molecule has 0 spiro atoms. The molecule has 1 aromatic heterocycles. The Morgan fingerprint density at radius 2 is 2.07 bits per heavy atom. The summed E-state index contributed by atoms with van der Waals surface area (Å²) in [5, 5.41) is 8.36. The van der Waals surface area contributed by atoms with Crippen LogP contribution in [-0.4, -0.2) is 22.1 Å². The van der Waals surface area contributed by atoms with Gasteiger partial charge in [0.1, 0.15) is 5.69 Å². The normalized spacial score (nSPS) is 18.6. The molecule has 0 amide bonds.